The van der Waals surface area contributed by atoms with Crippen molar-refractivity contribution in [1.29, 1.82) is 0 Å². The zero-order valence-electron chi connectivity index (χ0n) is 14.6. The van der Waals surface area contributed by atoms with Gasteiger partial charge in [-0.25, -0.2) is 0 Å². The first-order valence-electron chi connectivity index (χ1n) is 8.30. The maximum atomic E-state index is 12.8. The van der Waals surface area contributed by atoms with E-state index in [1.807, 2.05) is 75.4 Å². The SMILES string of the molecule is Cc1ccc(C(=O)N(Cc2nc(-c3ccccc3)no2)C(C)C)cc1. The standard InChI is InChI=1S/C20H21N3O2/c1-14(2)23(20(24)17-11-9-15(3)10-12-17)13-18-21-19(22-25-18)16-7-5-4-6-8-16/h4-12,14H,13H2,1-3H3. The zero-order valence-corrected chi connectivity index (χ0v) is 14.6. The molecule has 1 amide bonds. The van der Waals surface area contributed by atoms with Crippen molar-refractivity contribution in [1.82, 2.24) is 15.0 Å². The fourth-order valence-electron chi connectivity index (χ4n) is 2.52. The highest BCUT2D eigenvalue weighted by Crippen LogP contribution is 2.17. The number of carbonyl (C=O) groups is 1. The normalized spacial score (nSPS) is 10.9. The van der Waals surface area contributed by atoms with Gasteiger partial charge in [0.15, 0.2) is 0 Å². The summed E-state index contributed by atoms with van der Waals surface area (Å²) in [6, 6.07) is 17.2. The summed E-state index contributed by atoms with van der Waals surface area (Å²) >= 11 is 0. The fraction of sp³-hybridized carbons (Fsp3) is 0.250. The monoisotopic (exact) mass is 335 g/mol. The van der Waals surface area contributed by atoms with Crippen LogP contribution in [-0.4, -0.2) is 27.0 Å². The van der Waals surface area contributed by atoms with Crippen LogP contribution in [0.2, 0.25) is 0 Å². The molecule has 0 spiro atoms. The van der Waals surface area contributed by atoms with Crippen LogP contribution in [0.3, 0.4) is 0 Å². The van der Waals surface area contributed by atoms with E-state index in [2.05, 4.69) is 10.1 Å². The van der Waals surface area contributed by atoms with Gasteiger partial charge in [-0.3, -0.25) is 4.79 Å². The molecule has 0 aliphatic carbocycles. The highest BCUT2D eigenvalue weighted by atomic mass is 16.5. The smallest absolute Gasteiger partial charge is 0.254 e. The molecule has 128 valence electrons. The molecule has 5 heteroatoms. The summed E-state index contributed by atoms with van der Waals surface area (Å²) in [5, 5.41) is 4.02. The van der Waals surface area contributed by atoms with Crippen molar-refractivity contribution in [3.8, 4) is 11.4 Å². The molecule has 0 unspecified atom stereocenters. The quantitative estimate of drug-likeness (QED) is 0.704. The number of carbonyl (C=O) groups excluding carboxylic acids is 1. The van der Waals surface area contributed by atoms with Gasteiger partial charge in [0, 0.05) is 17.2 Å². The van der Waals surface area contributed by atoms with Crippen LogP contribution in [0.1, 0.15) is 35.7 Å². The number of nitrogens with zero attached hydrogens (tertiary/aromatic N) is 3. The van der Waals surface area contributed by atoms with Crippen molar-refractivity contribution < 1.29 is 9.32 Å². The molecule has 1 heterocycles. The van der Waals surface area contributed by atoms with Crippen molar-refractivity contribution in [3.63, 3.8) is 0 Å². The van der Waals surface area contributed by atoms with Crippen LogP contribution in [-0.2, 0) is 6.54 Å². The molecule has 2 aromatic carbocycles. The van der Waals surface area contributed by atoms with Gasteiger partial charge in [0.2, 0.25) is 11.7 Å². The average Bonchev–Trinajstić information content (AvgIpc) is 3.09. The predicted octanol–water partition coefficient (Wildman–Crippen LogP) is 4.10. The molecule has 25 heavy (non-hydrogen) atoms. The summed E-state index contributed by atoms with van der Waals surface area (Å²) in [6.45, 7) is 6.23. The minimum atomic E-state index is -0.0468. The van der Waals surface area contributed by atoms with Crippen LogP contribution in [0.4, 0.5) is 0 Å². The van der Waals surface area contributed by atoms with Crippen LogP contribution < -0.4 is 0 Å². The third-order valence-corrected chi connectivity index (χ3v) is 3.99. The van der Waals surface area contributed by atoms with E-state index in [0.717, 1.165) is 11.1 Å². The van der Waals surface area contributed by atoms with Gasteiger partial charge >= 0.3 is 0 Å². The fourth-order valence-corrected chi connectivity index (χ4v) is 2.52. The molecular weight excluding hydrogens is 314 g/mol. The highest BCUT2D eigenvalue weighted by Gasteiger charge is 2.22. The summed E-state index contributed by atoms with van der Waals surface area (Å²) in [5.41, 5.74) is 2.66. The number of hydrogen-bond acceptors (Lipinski definition) is 4. The summed E-state index contributed by atoms with van der Waals surface area (Å²) in [6.07, 6.45) is 0. The lowest BCUT2D eigenvalue weighted by atomic mass is 10.1. The van der Waals surface area contributed by atoms with Crippen LogP contribution in [0.15, 0.2) is 59.1 Å². The van der Waals surface area contributed by atoms with Gasteiger partial charge in [-0.15, -0.1) is 0 Å². The molecule has 0 bridgehead atoms. The molecule has 5 nitrogen and oxygen atoms in total. The first-order valence-corrected chi connectivity index (χ1v) is 8.30. The van der Waals surface area contributed by atoms with E-state index in [-0.39, 0.29) is 18.5 Å². The summed E-state index contributed by atoms with van der Waals surface area (Å²) in [7, 11) is 0. The Balaban J connectivity index is 1.79. The molecule has 0 fully saturated rings. The average molecular weight is 335 g/mol. The minimum absolute atomic E-state index is 0.0147. The molecule has 3 rings (SSSR count). The molecule has 0 aliphatic heterocycles. The van der Waals surface area contributed by atoms with Gasteiger partial charge in [-0.1, -0.05) is 53.2 Å². The molecule has 0 radical (unpaired) electrons. The molecule has 0 saturated heterocycles. The molecular formula is C20H21N3O2. The second kappa shape index (κ2) is 7.30. The highest BCUT2D eigenvalue weighted by molar-refractivity contribution is 5.94. The van der Waals surface area contributed by atoms with Crippen molar-refractivity contribution in [2.45, 2.75) is 33.4 Å². The van der Waals surface area contributed by atoms with Crippen molar-refractivity contribution in [3.05, 3.63) is 71.6 Å². The van der Waals surface area contributed by atoms with Gasteiger partial charge in [0.25, 0.3) is 5.91 Å². The van der Waals surface area contributed by atoms with E-state index in [1.165, 1.54) is 0 Å². The predicted molar refractivity (Wildman–Crippen MR) is 95.9 cm³/mol. The molecule has 0 aliphatic rings. The topological polar surface area (TPSA) is 59.2 Å². The number of rotatable bonds is 5. The lowest BCUT2D eigenvalue weighted by molar-refractivity contribution is 0.0667. The van der Waals surface area contributed by atoms with Gasteiger partial charge in [-0.05, 0) is 32.9 Å². The third-order valence-electron chi connectivity index (χ3n) is 3.99. The molecule has 3 aromatic rings. The van der Waals surface area contributed by atoms with Crippen LogP contribution in [0.5, 0.6) is 0 Å². The molecule has 1 aromatic heterocycles. The minimum Gasteiger partial charge on any atom is -0.337 e. The van der Waals surface area contributed by atoms with Crippen LogP contribution >= 0.6 is 0 Å². The van der Waals surface area contributed by atoms with E-state index in [1.54, 1.807) is 4.90 Å². The first-order chi connectivity index (χ1) is 12.0. The Kier molecular flexibility index (Phi) is 4.93. The van der Waals surface area contributed by atoms with Crippen LogP contribution in [0, 0.1) is 6.92 Å². The van der Waals surface area contributed by atoms with Crippen molar-refractivity contribution >= 4 is 5.91 Å². The zero-order chi connectivity index (χ0) is 17.8. The Bertz CT molecular complexity index is 839. The van der Waals surface area contributed by atoms with Crippen LogP contribution in [0.25, 0.3) is 11.4 Å². The van der Waals surface area contributed by atoms with Crippen molar-refractivity contribution in [2.75, 3.05) is 0 Å². The van der Waals surface area contributed by atoms with Gasteiger partial charge < -0.3 is 9.42 Å². The largest absolute Gasteiger partial charge is 0.337 e. The third kappa shape index (κ3) is 3.94. The van der Waals surface area contributed by atoms with Gasteiger partial charge in [0.05, 0.1) is 0 Å². The lowest BCUT2D eigenvalue weighted by Gasteiger charge is -2.25. The maximum Gasteiger partial charge on any atom is 0.254 e. The Morgan fingerprint density at radius 2 is 1.76 bits per heavy atom. The summed E-state index contributed by atoms with van der Waals surface area (Å²) < 4.78 is 5.35. The summed E-state index contributed by atoms with van der Waals surface area (Å²) in [4.78, 5) is 19.0. The Labute approximate surface area is 147 Å². The number of hydrogen-bond donors (Lipinski definition) is 0. The second-order valence-electron chi connectivity index (χ2n) is 6.27. The second-order valence-corrected chi connectivity index (χ2v) is 6.27. The summed E-state index contributed by atoms with van der Waals surface area (Å²) in [5.74, 6) is 0.907. The van der Waals surface area contributed by atoms with E-state index in [9.17, 15) is 4.79 Å². The maximum absolute atomic E-state index is 12.8. The first kappa shape index (κ1) is 16.9. The molecule has 0 atom stereocenters. The van der Waals surface area contributed by atoms with Crippen molar-refractivity contribution in [2.24, 2.45) is 0 Å². The lowest BCUT2D eigenvalue weighted by Crippen LogP contribution is -2.36. The number of aryl methyl sites for hydroxylation is 1. The Hall–Kier alpha value is -2.95. The van der Waals surface area contributed by atoms with Gasteiger partial charge in [0.1, 0.15) is 6.54 Å². The number of amides is 1. The van der Waals surface area contributed by atoms with E-state index >= 15 is 0 Å². The number of benzene rings is 2. The Morgan fingerprint density at radius 3 is 2.40 bits per heavy atom. The number of aromatic nitrogens is 2. The van der Waals surface area contributed by atoms with E-state index in [0.29, 0.717) is 17.3 Å². The molecule has 0 saturated carbocycles. The Morgan fingerprint density at radius 1 is 1.08 bits per heavy atom. The van der Waals surface area contributed by atoms with E-state index < -0.39 is 0 Å². The van der Waals surface area contributed by atoms with E-state index in [4.69, 9.17) is 4.52 Å². The molecule has 0 N–H and O–H groups in total. The van der Waals surface area contributed by atoms with Gasteiger partial charge in [-0.2, -0.15) is 4.98 Å².